The standard InChI is InChI=1S/C17H27N3/c1-2-3-16(18)15-10-19-20(11-15)17-7-12-4-13(8-17)6-14(5-12)9-17/h10-14,16H,2-9,18H2,1H3. The largest absolute Gasteiger partial charge is 0.324 e. The molecular formula is C17H27N3. The molecule has 1 unspecified atom stereocenters. The van der Waals surface area contributed by atoms with Crippen LogP contribution in [0.1, 0.15) is 69.9 Å². The number of nitrogens with zero attached hydrogens (tertiary/aromatic N) is 2. The fourth-order valence-corrected chi connectivity index (χ4v) is 5.61. The summed E-state index contributed by atoms with van der Waals surface area (Å²) in [6.07, 6.45) is 15.1. The second-order valence-electron chi connectivity index (χ2n) is 7.76. The van der Waals surface area contributed by atoms with E-state index in [0.29, 0.717) is 5.54 Å². The van der Waals surface area contributed by atoms with E-state index in [-0.39, 0.29) is 6.04 Å². The zero-order chi connectivity index (χ0) is 13.7. The molecule has 3 heteroatoms. The molecule has 2 N–H and O–H groups in total. The Labute approximate surface area is 121 Å². The molecule has 1 aromatic heterocycles. The molecule has 4 fully saturated rings. The van der Waals surface area contributed by atoms with Crippen LogP contribution < -0.4 is 5.73 Å². The molecule has 1 atom stereocenters. The minimum Gasteiger partial charge on any atom is -0.324 e. The lowest BCUT2D eigenvalue weighted by Gasteiger charge is -2.56. The van der Waals surface area contributed by atoms with Gasteiger partial charge in [-0.15, -0.1) is 0 Å². The lowest BCUT2D eigenvalue weighted by molar-refractivity contribution is -0.0494. The molecule has 0 radical (unpaired) electrons. The molecule has 0 spiro atoms. The van der Waals surface area contributed by atoms with Gasteiger partial charge in [-0.2, -0.15) is 5.10 Å². The van der Waals surface area contributed by atoms with Crippen molar-refractivity contribution in [1.82, 2.24) is 9.78 Å². The van der Waals surface area contributed by atoms with Crippen molar-refractivity contribution in [2.24, 2.45) is 23.5 Å². The van der Waals surface area contributed by atoms with E-state index >= 15 is 0 Å². The van der Waals surface area contributed by atoms with Crippen LogP contribution in [0.3, 0.4) is 0 Å². The van der Waals surface area contributed by atoms with Gasteiger partial charge in [-0.1, -0.05) is 13.3 Å². The van der Waals surface area contributed by atoms with Crippen LogP contribution in [0.15, 0.2) is 12.4 Å². The van der Waals surface area contributed by atoms with Gasteiger partial charge in [0.15, 0.2) is 0 Å². The van der Waals surface area contributed by atoms with Crippen LogP contribution in [0.2, 0.25) is 0 Å². The minimum atomic E-state index is 0.169. The molecule has 1 aromatic rings. The highest BCUT2D eigenvalue weighted by Crippen LogP contribution is 2.58. The molecule has 5 rings (SSSR count). The Bertz CT molecular complexity index is 455. The van der Waals surface area contributed by atoms with Crippen molar-refractivity contribution < 1.29 is 0 Å². The van der Waals surface area contributed by atoms with Crippen molar-refractivity contribution >= 4 is 0 Å². The third-order valence-corrected chi connectivity index (χ3v) is 6.12. The summed E-state index contributed by atoms with van der Waals surface area (Å²) in [6, 6.07) is 0.169. The monoisotopic (exact) mass is 273 g/mol. The molecule has 0 aromatic carbocycles. The van der Waals surface area contributed by atoms with E-state index in [1.54, 1.807) is 0 Å². The van der Waals surface area contributed by atoms with Crippen molar-refractivity contribution in [3.63, 3.8) is 0 Å². The first-order valence-electron chi connectivity index (χ1n) is 8.49. The van der Waals surface area contributed by atoms with E-state index < -0.39 is 0 Å². The van der Waals surface area contributed by atoms with Gasteiger partial charge in [0.1, 0.15) is 0 Å². The van der Waals surface area contributed by atoms with Gasteiger partial charge in [0.05, 0.1) is 11.7 Å². The quantitative estimate of drug-likeness (QED) is 0.910. The summed E-state index contributed by atoms with van der Waals surface area (Å²) in [5, 5.41) is 4.75. The summed E-state index contributed by atoms with van der Waals surface area (Å²) in [5.74, 6) is 2.91. The highest BCUT2D eigenvalue weighted by atomic mass is 15.3. The van der Waals surface area contributed by atoms with E-state index in [0.717, 1.165) is 30.6 Å². The van der Waals surface area contributed by atoms with Crippen LogP contribution in [0, 0.1) is 17.8 Å². The molecule has 3 nitrogen and oxygen atoms in total. The van der Waals surface area contributed by atoms with E-state index in [1.807, 2.05) is 6.20 Å². The first-order valence-corrected chi connectivity index (χ1v) is 8.49. The topological polar surface area (TPSA) is 43.8 Å². The van der Waals surface area contributed by atoms with Crippen molar-refractivity contribution in [2.75, 3.05) is 0 Å². The van der Waals surface area contributed by atoms with E-state index in [9.17, 15) is 0 Å². The van der Waals surface area contributed by atoms with Crippen molar-refractivity contribution in [2.45, 2.75) is 69.9 Å². The lowest BCUT2D eigenvalue weighted by atomic mass is 9.53. The van der Waals surface area contributed by atoms with Gasteiger partial charge >= 0.3 is 0 Å². The molecule has 0 amide bonds. The van der Waals surface area contributed by atoms with Gasteiger partial charge in [-0.05, 0) is 62.7 Å². The van der Waals surface area contributed by atoms with E-state index in [2.05, 4.69) is 17.8 Å². The molecule has 4 bridgehead atoms. The van der Waals surface area contributed by atoms with Crippen molar-refractivity contribution in [1.29, 1.82) is 0 Å². The molecule has 4 aliphatic carbocycles. The maximum atomic E-state index is 6.26. The zero-order valence-corrected chi connectivity index (χ0v) is 12.6. The second-order valence-corrected chi connectivity index (χ2v) is 7.76. The average Bonchev–Trinajstić information content (AvgIpc) is 2.87. The summed E-state index contributed by atoms with van der Waals surface area (Å²) in [7, 11) is 0. The highest BCUT2D eigenvalue weighted by molar-refractivity contribution is 5.13. The number of hydrogen-bond acceptors (Lipinski definition) is 2. The molecule has 110 valence electrons. The molecule has 20 heavy (non-hydrogen) atoms. The van der Waals surface area contributed by atoms with Gasteiger partial charge < -0.3 is 5.73 Å². The van der Waals surface area contributed by atoms with E-state index in [1.165, 1.54) is 44.1 Å². The van der Waals surface area contributed by atoms with Gasteiger partial charge in [0.25, 0.3) is 0 Å². The van der Waals surface area contributed by atoms with Gasteiger partial charge in [0, 0.05) is 17.8 Å². The molecule has 0 saturated heterocycles. The highest BCUT2D eigenvalue weighted by Gasteiger charge is 2.52. The van der Waals surface area contributed by atoms with Gasteiger partial charge in [0.2, 0.25) is 0 Å². The second kappa shape index (κ2) is 4.59. The Hall–Kier alpha value is -0.830. The third-order valence-electron chi connectivity index (χ3n) is 6.12. The van der Waals surface area contributed by atoms with Crippen LogP contribution in [0.5, 0.6) is 0 Å². The summed E-state index contributed by atoms with van der Waals surface area (Å²) in [4.78, 5) is 0. The number of rotatable bonds is 4. The average molecular weight is 273 g/mol. The normalized spacial score (nSPS) is 40.2. The predicted molar refractivity (Wildman–Crippen MR) is 80.2 cm³/mol. The third kappa shape index (κ3) is 1.93. The molecule has 0 aliphatic heterocycles. The maximum absolute atomic E-state index is 6.26. The molecule has 1 heterocycles. The van der Waals surface area contributed by atoms with Gasteiger partial charge in [-0.25, -0.2) is 0 Å². The van der Waals surface area contributed by atoms with Gasteiger partial charge in [-0.3, -0.25) is 4.68 Å². The van der Waals surface area contributed by atoms with E-state index in [4.69, 9.17) is 10.8 Å². The lowest BCUT2D eigenvalue weighted by Crippen LogP contribution is -2.52. The Morgan fingerprint density at radius 1 is 1.25 bits per heavy atom. The Kier molecular flexibility index (Phi) is 2.95. The van der Waals surface area contributed by atoms with Crippen molar-refractivity contribution in [3.05, 3.63) is 18.0 Å². The van der Waals surface area contributed by atoms with Crippen LogP contribution in [-0.4, -0.2) is 9.78 Å². The zero-order valence-electron chi connectivity index (χ0n) is 12.6. The first kappa shape index (κ1) is 12.9. The fourth-order valence-electron chi connectivity index (χ4n) is 5.61. The summed E-state index contributed by atoms with van der Waals surface area (Å²) < 4.78 is 2.32. The minimum absolute atomic E-state index is 0.169. The van der Waals surface area contributed by atoms with Crippen LogP contribution in [-0.2, 0) is 5.54 Å². The smallest absolute Gasteiger partial charge is 0.0635 e. The number of nitrogens with two attached hydrogens (primary N) is 1. The maximum Gasteiger partial charge on any atom is 0.0635 e. The molecule has 4 saturated carbocycles. The summed E-state index contributed by atoms with van der Waals surface area (Å²) in [6.45, 7) is 2.20. The van der Waals surface area contributed by atoms with Crippen LogP contribution >= 0.6 is 0 Å². The number of aromatic nitrogens is 2. The summed E-state index contributed by atoms with van der Waals surface area (Å²) >= 11 is 0. The Morgan fingerprint density at radius 3 is 2.40 bits per heavy atom. The summed E-state index contributed by atoms with van der Waals surface area (Å²) in [5.41, 5.74) is 7.84. The molecule has 4 aliphatic rings. The predicted octanol–water partition coefficient (Wildman–Crippen LogP) is 3.61. The fraction of sp³-hybridized carbons (Fsp3) is 0.824. The van der Waals surface area contributed by atoms with Crippen molar-refractivity contribution in [3.8, 4) is 0 Å². The molecular weight excluding hydrogens is 246 g/mol. The number of hydrogen-bond donors (Lipinski definition) is 1. The Morgan fingerprint density at radius 2 is 1.85 bits per heavy atom. The van der Waals surface area contributed by atoms with Crippen LogP contribution in [0.4, 0.5) is 0 Å². The first-order chi connectivity index (χ1) is 9.68. The SMILES string of the molecule is CCCC(N)c1cnn(C23CC4CC(CC(C4)C2)C3)c1. The van der Waals surface area contributed by atoms with Crippen LogP contribution in [0.25, 0.3) is 0 Å². The Balaban J connectivity index is 1.61.